The molecule has 1 atom stereocenters. The van der Waals surface area contributed by atoms with Crippen molar-refractivity contribution >= 4 is 27.4 Å². The van der Waals surface area contributed by atoms with Crippen molar-refractivity contribution in [3.63, 3.8) is 0 Å². The SMILES string of the molecule is CC(C)C(CNc1nc(CN2CCOCC2)nc2scc(-c3ccccc3)c12)N1CCOCC1. The molecule has 34 heavy (non-hydrogen) atoms. The maximum atomic E-state index is 5.60. The second-order valence-corrected chi connectivity index (χ2v) is 10.3. The molecule has 4 heterocycles. The third-order valence-electron chi connectivity index (χ3n) is 6.80. The van der Waals surface area contributed by atoms with Gasteiger partial charge in [0.1, 0.15) is 16.5 Å². The largest absolute Gasteiger partial charge is 0.379 e. The Kier molecular flexibility index (Phi) is 7.71. The van der Waals surface area contributed by atoms with Crippen LogP contribution in [-0.4, -0.2) is 85.0 Å². The molecule has 1 aromatic carbocycles. The molecule has 3 aromatic rings. The first-order valence-electron chi connectivity index (χ1n) is 12.4. The summed E-state index contributed by atoms with van der Waals surface area (Å²) in [7, 11) is 0. The number of fused-ring (bicyclic) bond motifs is 1. The van der Waals surface area contributed by atoms with Gasteiger partial charge in [0.15, 0.2) is 0 Å². The number of hydrogen-bond acceptors (Lipinski definition) is 8. The van der Waals surface area contributed by atoms with E-state index in [9.17, 15) is 0 Å². The van der Waals surface area contributed by atoms with E-state index in [1.807, 2.05) is 0 Å². The van der Waals surface area contributed by atoms with Crippen LogP contribution in [-0.2, 0) is 16.0 Å². The molecule has 1 N–H and O–H groups in total. The smallest absolute Gasteiger partial charge is 0.146 e. The Balaban J connectivity index is 1.46. The first kappa shape index (κ1) is 23.6. The molecule has 5 rings (SSSR count). The maximum Gasteiger partial charge on any atom is 0.146 e. The van der Waals surface area contributed by atoms with Crippen molar-refractivity contribution in [3.8, 4) is 11.1 Å². The standard InChI is InChI=1S/C26H35N5O2S/c1-19(2)22(31-10-14-33-15-11-31)16-27-25-24-21(20-6-4-3-5-7-20)18-34-26(24)29-23(28-25)17-30-8-12-32-13-9-30/h3-7,18-19,22H,8-17H2,1-2H3,(H,27,28,29). The third kappa shape index (κ3) is 5.42. The molecule has 1 unspecified atom stereocenters. The van der Waals surface area contributed by atoms with Crippen molar-refractivity contribution in [1.29, 1.82) is 0 Å². The van der Waals surface area contributed by atoms with Gasteiger partial charge in [0.05, 0.1) is 38.4 Å². The summed E-state index contributed by atoms with van der Waals surface area (Å²) >= 11 is 1.71. The second kappa shape index (κ2) is 11.1. The zero-order valence-corrected chi connectivity index (χ0v) is 21.0. The van der Waals surface area contributed by atoms with Gasteiger partial charge in [-0.15, -0.1) is 11.3 Å². The summed E-state index contributed by atoms with van der Waals surface area (Å²) in [5, 5.41) is 7.12. The lowest BCUT2D eigenvalue weighted by atomic mass is 10.0. The van der Waals surface area contributed by atoms with Gasteiger partial charge in [-0.1, -0.05) is 44.2 Å². The second-order valence-electron chi connectivity index (χ2n) is 9.41. The van der Waals surface area contributed by atoms with Crippen LogP contribution in [0.5, 0.6) is 0 Å². The van der Waals surface area contributed by atoms with Gasteiger partial charge in [-0.25, -0.2) is 9.97 Å². The maximum absolute atomic E-state index is 5.60. The molecule has 0 spiro atoms. The number of hydrogen-bond donors (Lipinski definition) is 1. The molecule has 0 bridgehead atoms. The van der Waals surface area contributed by atoms with Gasteiger partial charge in [-0.2, -0.15) is 0 Å². The van der Waals surface area contributed by atoms with E-state index in [0.717, 1.165) is 87.6 Å². The van der Waals surface area contributed by atoms with E-state index in [4.69, 9.17) is 19.4 Å². The predicted molar refractivity (Wildman–Crippen MR) is 138 cm³/mol. The Morgan fingerprint density at radius 1 is 0.971 bits per heavy atom. The normalized spacial score (nSPS) is 19.0. The molecule has 0 aliphatic carbocycles. The number of nitrogens with zero attached hydrogens (tertiary/aromatic N) is 4. The van der Waals surface area contributed by atoms with Crippen LogP contribution in [0, 0.1) is 5.92 Å². The molecule has 2 fully saturated rings. The van der Waals surface area contributed by atoms with E-state index in [0.29, 0.717) is 12.0 Å². The van der Waals surface area contributed by atoms with Crippen molar-refractivity contribution in [3.05, 3.63) is 41.5 Å². The molecule has 8 heteroatoms. The Hall–Kier alpha value is -2.10. The van der Waals surface area contributed by atoms with Crippen molar-refractivity contribution in [2.45, 2.75) is 26.4 Å². The number of ether oxygens (including phenoxy) is 2. The summed E-state index contributed by atoms with van der Waals surface area (Å²) in [6.45, 7) is 13.2. The van der Waals surface area contributed by atoms with Crippen LogP contribution in [0.2, 0.25) is 0 Å². The van der Waals surface area contributed by atoms with Gasteiger partial charge >= 0.3 is 0 Å². The lowest BCUT2D eigenvalue weighted by Crippen LogP contribution is -2.49. The lowest BCUT2D eigenvalue weighted by molar-refractivity contribution is 0.00953. The Labute approximate surface area is 206 Å². The number of thiophene rings is 1. The van der Waals surface area contributed by atoms with Gasteiger partial charge in [0.2, 0.25) is 0 Å². The first-order chi connectivity index (χ1) is 16.7. The summed E-state index contributed by atoms with van der Waals surface area (Å²) < 4.78 is 11.1. The molecule has 0 radical (unpaired) electrons. The Bertz CT molecular complexity index is 1060. The fraction of sp³-hybridized carbons (Fsp3) is 0.538. The highest BCUT2D eigenvalue weighted by Crippen LogP contribution is 2.37. The van der Waals surface area contributed by atoms with Crippen molar-refractivity contribution < 1.29 is 9.47 Å². The minimum absolute atomic E-state index is 0.426. The molecule has 0 saturated carbocycles. The van der Waals surface area contributed by atoms with Gasteiger partial charge in [-0.05, 0) is 11.5 Å². The molecule has 2 aliphatic heterocycles. The van der Waals surface area contributed by atoms with Crippen LogP contribution in [0.1, 0.15) is 19.7 Å². The van der Waals surface area contributed by atoms with Gasteiger partial charge < -0.3 is 14.8 Å². The van der Waals surface area contributed by atoms with Gasteiger partial charge in [0.25, 0.3) is 0 Å². The Morgan fingerprint density at radius 2 is 1.68 bits per heavy atom. The van der Waals surface area contributed by atoms with Crippen LogP contribution in [0.3, 0.4) is 0 Å². The summed E-state index contributed by atoms with van der Waals surface area (Å²) in [5.74, 6) is 2.37. The summed E-state index contributed by atoms with van der Waals surface area (Å²) in [4.78, 5) is 16.1. The monoisotopic (exact) mass is 481 g/mol. The molecule has 7 nitrogen and oxygen atoms in total. The topological polar surface area (TPSA) is 62.8 Å². The van der Waals surface area contributed by atoms with E-state index in [2.05, 4.69) is 64.7 Å². The van der Waals surface area contributed by atoms with Crippen molar-refractivity contribution in [2.75, 3.05) is 64.5 Å². The molecular formula is C26H35N5O2S. The average molecular weight is 482 g/mol. The van der Waals surface area contributed by atoms with Crippen LogP contribution in [0.4, 0.5) is 5.82 Å². The van der Waals surface area contributed by atoms with E-state index in [1.165, 1.54) is 11.1 Å². The molecule has 182 valence electrons. The first-order valence-corrected chi connectivity index (χ1v) is 13.3. The van der Waals surface area contributed by atoms with E-state index >= 15 is 0 Å². The van der Waals surface area contributed by atoms with Crippen molar-refractivity contribution in [2.24, 2.45) is 5.92 Å². The van der Waals surface area contributed by atoms with Crippen molar-refractivity contribution in [1.82, 2.24) is 19.8 Å². The summed E-state index contributed by atoms with van der Waals surface area (Å²) in [5.41, 5.74) is 2.41. The van der Waals surface area contributed by atoms with Crippen LogP contribution < -0.4 is 5.32 Å². The molecular weight excluding hydrogens is 446 g/mol. The zero-order chi connectivity index (χ0) is 23.3. The summed E-state index contributed by atoms with van der Waals surface area (Å²) in [6.07, 6.45) is 0. The summed E-state index contributed by atoms with van der Waals surface area (Å²) in [6, 6.07) is 11.0. The molecule has 2 aromatic heterocycles. The van der Waals surface area contributed by atoms with Gasteiger partial charge in [-0.3, -0.25) is 9.80 Å². The minimum atomic E-state index is 0.426. The average Bonchev–Trinajstić information content (AvgIpc) is 3.30. The third-order valence-corrected chi connectivity index (χ3v) is 7.67. The fourth-order valence-electron chi connectivity index (χ4n) is 4.87. The van der Waals surface area contributed by atoms with E-state index < -0.39 is 0 Å². The Morgan fingerprint density at radius 3 is 2.38 bits per heavy atom. The highest BCUT2D eigenvalue weighted by atomic mass is 32.1. The van der Waals surface area contributed by atoms with Crippen LogP contribution in [0.15, 0.2) is 35.7 Å². The van der Waals surface area contributed by atoms with E-state index in [-0.39, 0.29) is 0 Å². The number of nitrogens with one attached hydrogen (secondary N) is 1. The minimum Gasteiger partial charge on any atom is -0.379 e. The highest BCUT2D eigenvalue weighted by Gasteiger charge is 2.25. The number of rotatable bonds is 8. The van der Waals surface area contributed by atoms with E-state index in [1.54, 1.807) is 11.3 Å². The molecule has 0 amide bonds. The highest BCUT2D eigenvalue weighted by molar-refractivity contribution is 7.17. The fourth-order valence-corrected chi connectivity index (χ4v) is 5.84. The predicted octanol–water partition coefficient (Wildman–Crippen LogP) is 3.96. The van der Waals surface area contributed by atoms with Crippen LogP contribution in [0.25, 0.3) is 21.3 Å². The number of benzene rings is 1. The van der Waals surface area contributed by atoms with Gasteiger partial charge in [0, 0.05) is 49.7 Å². The number of morpholine rings is 2. The lowest BCUT2D eigenvalue weighted by Gasteiger charge is -2.37. The molecule has 2 aliphatic rings. The number of aromatic nitrogens is 2. The molecule has 2 saturated heterocycles. The number of anilines is 1. The quantitative estimate of drug-likeness (QED) is 0.523. The zero-order valence-electron chi connectivity index (χ0n) is 20.2. The van der Waals surface area contributed by atoms with Crippen LogP contribution >= 0.6 is 11.3 Å².